The predicted octanol–water partition coefficient (Wildman–Crippen LogP) is -0.180. The number of aliphatic carboxylic acids is 2. The summed E-state index contributed by atoms with van der Waals surface area (Å²) in [5.74, 6) is -1.67. The van der Waals surface area contributed by atoms with E-state index in [0.29, 0.717) is 52.2 Å². The molecule has 6 nitrogen and oxygen atoms in total. The van der Waals surface area contributed by atoms with Gasteiger partial charge in [-0.25, -0.2) is 0 Å². The van der Waals surface area contributed by atoms with E-state index in [-0.39, 0.29) is 0 Å². The summed E-state index contributed by atoms with van der Waals surface area (Å²) in [5, 5.41) is 32.7. The van der Waals surface area contributed by atoms with E-state index in [1.807, 2.05) is 0 Å². The summed E-state index contributed by atoms with van der Waals surface area (Å²) in [6, 6.07) is 0. The predicted molar refractivity (Wildman–Crippen MR) is 48.2 cm³/mol. The second-order valence-electron chi connectivity index (χ2n) is 2.75. The van der Waals surface area contributed by atoms with Crippen LogP contribution in [0.1, 0.15) is 13.8 Å². The van der Waals surface area contributed by atoms with Gasteiger partial charge in [0.05, 0.1) is 0 Å². The molecule has 0 aromatic carbocycles. The second-order valence-corrected chi connectivity index (χ2v) is 7.24. The molecule has 8 heteroatoms. The van der Waals surface area contributed by atoms with E-state index < -0.39 is 24.1 Å². The van der Waals surface area contributed by atoms with E-state index in [0.717, 1.165) is 21.7 Å². The third-order valence-corrected chi connectivity index (χ3v) is 5.63. The molecule has 2 atom stereocenters. The van der Waals surface area contributed by atoms with Crippen molar-refractivity contribution < 1.29 is 82.3 Å². The molecule has 0 aliphatic carbocycles. The monoisotopic (exact) mass is 612 g/mol. The molecule has 0 amide bonds. The molecule has 0 aromatic heterocycles. The van der Waals surface area contributed by atoms with Gasteiger partial charge in [0.1, 0.15) is 0 Å². The van der Waals surface area contributed by atoms with E-state index in [4.69, 9.17) is 30.0 Å². The Morgan fingerprint density at radius 3 is 1.12 bits per heavy atom. The first kappa shape index (κ1) is 22.0. The first-order chi connectivity index (χ1) is 7.18. The standard InChI is InChI=1S/C4H8O2.2C2H4O2.2Hg/c1-3(5)4(2)6;2*1-2(3)4;;/h3-6H,1-2H2;2*1H3,(H,3,4);;. The molecule has 0 aliphatic rings. The van der Waals surface area contributed by atoms with Gasteiger partial charge in [0, 0.05) is 13.8 Å². The third kappa shape index (κ3) is 36.4. The molecule has 16 heavy (non-hydrogen) atoms. The van der Waals surface area contributed by atoms with Crippen LogP contribution >= 0.6 is 0 Å². The Labute approximate surface area is 127 Å². The maximum absolute atomic E-state index is 9.00. The van der Waals surface area contributed by atoms with Gasteiger partial charge < -0.3 is 10.2 Å². The van der Waals surface area contributed by atoms with Gasteiger partial charge in [-0.3, -0.25) is 9.59 Å². The quantitative estimate of drug-likeness (QED) is 0.331. The summed E-state index contributed by atoms with van der Waals surface area (Å²) >= 11 is 1.27. The molecule has 0 aliphatic heterocycles. The van der Waals surface area contributed by atoms with Gasteiger partial charge in [-0.15, -0.1) is 0 Å². The molecule has 0 aromatic rings. The van der Waals surface area contributed by atoms with E-state index in [1.54, 1.807) is 0 Å². The summed E-state index contributed by atoms with van der Waals surface area (Å²) in [5.41, 5.74) is 0. The van der Waals surface area contributed by atoms with Gasteiger partial charge in [-0.2, -0.15) is 0 Å². The Bertz CT molecular complexity index is 159. The fraction of sp³-hybridized carbons (Fsp3) is 0.750. The number of rotatable bonds is 3. The average molecular weight is 609 g/mol. The van der Waals surface area contributed by atoms with E-state index in [9.17, 15) is 0 Å². The minimum absolute atomic E-state index is 0.393. The minimum atomic E-state index is -0.833. The molecule has 2 unspecified atom stereocenters. The zero-order valence-electron chi connectivity index (χ0n) is 9.59. The van der Waals surface area contributed by atoms with Crippen molar-refractivity contribution in [2.24, 2.45) is 0 Å². The number of hydrogen-bond acceptors (Lipinski definition) is 4. The molecule has 0 rings (SSSR count). The van der Waals surface area contributed by atoms with Crippen LogP contribution in [-0.4, -0.2) is 44.6 Å². The Kier molecular flexibility index (Phi) is 21.6. The SMILES string of the molecule is CC(=O)O.CC(=O)O.OC([CH2][Hg])C(O)[CH2][Hg]. The van der Waals surface area contributed by atoms with Crippen molar-refractivity contribution in [2.75, 3.05) is 0 Å². The van der Waals surface area contributed by atoms with E-state index >= 15 is 0 Å². The van der Waals surface area contributed by atoms with Crippen LogP contribution in [0.2, 0.25) is 7.86 Å². The number of carbonyl (C=O) groups is 2. The normalized spacial score (nSPS) is 12.2. The van der Waals surface area contributed by atoms with Crippen LogP contribution in [0, 0.1) is 0 Å². The molecular formula is C8H16Hg2O6. The zero-order chi connectivity index (χ0) is 13.7. The summed E-state index contributed by atoms with van der Waals surface area (Å²) in [6.45, 7) is 2.17. The molecule has 0 spiro atoms. The topological polar surface area (TPSA) is 115 Å². The second kappa shape index (κ2) is 15.7. The Morgan fingerprint density at radius 1 is 0.938 bits per heavy atom. The molecule has 0 bridgehead atoms. The number of carboxylic acid groups (broad SMARTS) is 2. The van der Waals surface area contributed by atoms with Crippen LogP contribution in [0.5, 0.6) is 0 Å². The van der Waals surface area contributed by atoms with Crippen LogP contribution in [0.4, 0.5) is 0 Å². The van der Waals surface area contributed by atoms with E-state index in [2.05, 4.69) is 0 Å². The number of aliphatic hydroxyl groups is 2. The average Bonchev–Trinajstić information content (AvgIpc) is 2.13. The van der Waals surface area contributed by atoms with Gasteiger partial charge in [0.2, 0.25) is 0 Å². The molecular weight excluding hydrogens is 593 g/mol. The maximum atomic E-state index is 9.00. The zero-order valence-corrected chi connectivity index (χ0v) is 20.6. The van der Waals surface area contributed by atoms with Gasteiger partial charge in [0.15, 0.2) is 0 Å². The third-order valence-electron chi connectivity index (χ3n) is 1.04. The van der Waals surface area contributed by atoms with Gasteiger partial charge in [-0.1, -0.05) is 0 Å². The Balaban J connectivity index is -0.000000179. The van der Waals surface area contributed by atoms with Gasteiger partial charge in [0.25, 0.3) is 11.9 Å². The van der Waals surface area contributed by atoms with Crippen molar-refractivity contribution >= 4 is 11.9 Å². The molecule has 0 radical (unpaired) electrons. The summed E-state index contributed by atoms with van der Waals surface area (Å²) in [4.78, 5) is 18.0. The molecule has 0 saturated heterocycles. The van der Waals surface area contributed by atoms with E-state index in [1.165, 1.54) is 0 Å². The number of hydrogen-bond donors (Lipinski definition) is 4. The molecule has 0 heterocycles. The summed E-state index contributed by atoms with van der Waals surface area (Å²) in [6.07, 6.45) is -0.785. The molecule has 88 valence electrons. The molecule has 0 saturated carbocycles. The van der Waals surface area contributed by atoms with Crippen LogP contribution in [0.3, 0.4) is 0 Å². The van der Waals surface area contributed by atoms with Gasteiger partial charge in [-0.05, 0) is 0 Å². The van der Waals surface area contributed by atoms with Crippen molar-refractivity contribution in [3.05, 3.63) is 0 Å². The Hall–Kier alpha value is 0.730. The fourth-order valence-corrected chi connectivity index (χ4v) is 3.38. The summed E-state index contributed by atoms with van der Waals surface area (Å²) in [7, 11) is 0. The summed E-state index contributed by atoms with van der Waals surface area (Å²) < 4.78 is 1.72. The van der Waals surface area contributed by atoms with Crippen LogP contribution in [0.25, 0.3) is 0 Å². The van der Waals surface area contributed by atoms with Crippen molar-refractivity contribution in [3.8, 4) is 0 Å². The first-order valence-corrected chi connectivity index (χ1v) is 12.3. The van der Waals surface area contributed by atoms with Crippen molar-refractivity contribution in [1.29, 1.82) is 0 Å². The van der Waals surface area contributed by atoms with Crippen molar-refractivity contribution in [2.45, 2.75) is 33.9 Å². The first-order valence-electron chi connectivity index (χ1n) is 4.52. The van der Waals surface area contributed by atoms with Crippen LogP contribution in [0.15, 0.2) is 0 Å². The Morgan fingerprint density at radius 2 is 1.06 bits per heavy atom. The fourth-order valence-electron chi connectivity index (χ4n) is 0.385. The molecule has 4 N–H and O–H groups in total. The van der Waals surface area contributed by atoms with Crippen LogP contribution < -0.4 is 0 Å². The van der Waals surface area contributed by atoms with Gasteiger partial charge >= 0.3 is 82.5 Å². The number of aliphatic hydroxyl groups excluding tert-OH is 2. The van der Waals surface area contributed by atoms with Crippen molar-refractivity contribution in [1.82, 2.24) is 0 Å². The van der Waals surface area contributed by atoms with Crippen LogP contribution in [-0.2, 0) is 61.8 Å². The molecule has 0 fully saturated rings. The number of carboxylic acids is 2. The van der Waals surface area contributed by atoms with Crippen molar-refractivity contribution in [3.63, 3.8) is 0 Å².